The number of carbonyl (C=O) groups is 10. The lowest BCUT2D eigenvalue weighted by atomic mass is 9.72. The van der Waals surface area contributed by atoms with Gasteiger partial charge in [-0.05, 0) is 140 Å². The monoisotopic (exact) mass is 1120 g/mol. The van der Waals surface area contributed by atoms with E-state index in [0.717, 1.165) is 0 Å². The summed E-state index contributed by atoms with van der Waals surface area (Å²) in [6.07, 6.45) is 0.656. The number of hydrogen-bond acceptors (Lipinski definition) is 23. The van der Waals surface area contributed by atoms with Crippen molar-refractivity contribution in [1.29, 1.82) is 0 Å². The molecule has 438 valence electrons. The van der Waals surface area contributed by atoms with Gasteiger partial charge in [-0.2, -0.15) is 0 Å². The van der Waals surface area contributed by atoms with Crippen LogP contribution in [0.15, 0.2) is 72.8 Å². The van der Waals surface area contributed by atoms with Gasteiger partial charge in [0.25, 0.3) is 0 Å². The van der Waals surface area contributed by atoms with Crippen LogP contribution in [0, 0.1) is 21.7 Å². The fourth-order valence-corrected chi connectivity index (χ4v) is 7.71. The molecule has 0 fully saturated rings. The second kappa shape index (κ2) is 32.3. The number of esters is 10. The maximum absolute atomic E-state index is 13.2. The largest absolute Gasteiger partial charge is 0.462 e. The predicted molar refractivity (Wildman–Crippen MR) is 279 cm³/mol. The van der Waals surface area contributed by atoms with E-state index in [2.05, 4.69) is 4.89 Å². The molecule has 0 amide bonds. The van der Waals surface area contributed by atoms with Crippen LogP contribution in [0.4, 0.5) is 0 Å². The summed E-state index contributed by atoms with van der Waals surface area (Å²) in [6.45, 7) is 10.9. The van der Waals surface area contributed by atoms with Crippen molar-refractivity contribution < 1.29 is 110 Å². The van der Waals surface area contributed by atoms with E-state index < -0.39 is 81.4 Å². The maximum atomic E-state index is 13.2. The van der Waals surface area contributed by atoms with E-state index in [4.69, 9.17) is 57.4 Å². The zero-order valence-corrected chi connectivity index (χ0v) is 46.7. The van der Waals surface area contributed by atoms with E-state index >= 15 is 0 Å². The average molecular weight is 1130 g/mol. The summed E-state index contributed by atoms with van der Waals surface area (Å²) in [5.74, 6) is -6.76. The summed E-state index contributed by atoms with van der Waals surface area (Å²) in [5.41, 5.74) is -3.74. The van der Waals surface area contributed by atoms with Crippen molar-refractivity contribution in [2.24, 2.45) is 21.7 Å². The smallest absolute Gasteiger partial charge is 0.338 e. The van der Waals surface area contributed by atoms with Crippen LogP contribution < -0.4 is 0 Å². The lowest BCUT2D eigenvalue weighted by Gasteiger charge is -2.33. The molecule has 3 aromatic rings. The molecule has 0 radical (unpaired) electrons. The van der Waals surface area contributed by atoms with Gasteiger partial charge in [-0.25, -0.2) is 33.7 Å². The van der Waals surface area contributed by atoms with E-state index in [1.54, 1.807) is 55.4 Å². The van der Waals surface area contributed by atoms with Crippen molar-refractivity contribution in [2.75, 3.05) is 86.4 Å². The van der Waals surface area contributed by atoms with Crippen molar-refractivity contribution in [3.05, 3.63) is 106 Å². The Bertz CT molecular complexity index is 2390. The highest BCUT2D eigenvalue weighted by Gasteiger charge is 2.44. The molecule has 0 aliphatic heterocycles. The zero-order valence-electron chi connectivity index (χ0n) is 46.7. The molecule has 3 aromatic carbocycles. The van der Waals surface area contributed by atoms with Gasteiger partial charge < -0.3 is 52.1 Å². The van der Waals surface area contributed by atoms with E-state index in [1.807, 2.05) is 0 Å². The number of rotatable bonds is 34. The van der Waals surface area contributed by atoms with Crippen LogP contribution in [-0.2, 0) is 76.2 Å². The van der Waals surface area contributed by atoms with Crippen molar-refractivity contribution in [3.8, 4) is 0 Å². The zero-order chi connectivity index (χ0) is 59.5. The van der Waals surface area contributed by atoms with Crippen LogP contribution in [-0.4, -0.2) is 151 Å². The Morgan fingerprint density at radius 3 is 0.738 bits per heavy atom. The number of carbonyl (C=O) groups excluding carboxylic acids is 10. The third-order valence-electron chi connectivity index (χ3n) is 12.5. The first-order chi connectivity index (χ1) is 37.9. The van der Waals surface area contributed by atoms with Gasteiger partial charge in [-0.15, -0.1) is 0 Å². The first-order valence-corrected chi connectivity index (χ1v) is 25.6. The Kier molecular flexibility index (Phi) is 26.9. The molecule has 1 N–H and O–H groups in total. The molecular formula is C57H72O23. The first-order valence-electron chi connectivity index (χ1n) is 25.6. The highest BCUT2D eigenvalue weighted by molar-refractivity contribution is 5.95. The van der Waals surface area contributed by atoms with E-state index in [9.17, 15) is 47.9 Å². The molecule has 23 heteroatoms. The van der Waals surface area contributed by atoms with Gasteiger partial charge in [0.15, 0.2) is 0 Å². The molecule has 0 heterocycles. The van der Waals surface area contributed by atoms with Crippen molar-refractivity contribution in [1.82, 2.24) is 0 Å². The summed E-state index contributed by atoms with van der Waals surface area (Å²) < 4.78 is 57.3. The molecule has 80 heavy (non-hydrogen) atoms. The minimum absolute atomic E-state index is 0.0254. The fourth-order valence-electron chi connectivity index (χ4n) is 7.71. The number of hydrogen-bond donors (Lipinski definition) is 1. The summed E-state index contributed by atoms with van der Waals surface area (Å²) in [6, 6.07) is 16.4. The van der Waals surface area contributed by atoms with Crippen LogP contribution in [0.3, 0.4) is 0 Å². The molecular weight excluding hydrogens is 1050 g/mol. The Morgan fingerprint density at radius 1 is 0.325 bits per heavy atom. The second-order valence-corrected chi connectivity index (χ2v) is 19.9. The predicted octanol–water partition coefficient (Wildman–Crippen LogP) is 7.00. The van der Waals surface area contributed by atoms with Gasteiger partial charge in [0.1, 0.15) is 72.7 Å². The lowest BCUT2D eigenvalue weighted by Crippen LogP contribution is -2.39. The van der Waals surface area contributed by atoms with Gasteiger partial charge in [-0.3, -0.25) is 24.4 Å². The molecule has 0 aliphatic rings. The SMILES string of the molecule is CCC(C)(CC(C)(C)C(=O)OCCOC(=O)c1ccc(C(=O)OCCOC(=O)C(C)(C)CC(C)(CC)C(=O)OCCOC(=O)c2ccc(C(=O)OCCOO)cc2)cc1)C(=O)OCCOC(=O)c1ccc(C(=O)OCCOC)cc1. The summed E-state index contributed by atoms with van der Waals surface area (Å²) in [5, 5.41) is 8.33. The average Bonchev–Trinajstić information content (AvgIpc) is 3.45. The number of benzene rings is 3. The highest BCUT2D eigenvalue weighted by Crippen LogP contribution is 2.40. The summed E-state index contributed by atoms with van der Waals surface area (Å²) >= 11 is 0. The molecule has 0 spiro atoms. The molecule has 0 bridgehead atoms. The van der Waals surface area contributed by atoms with Crippen LogP contribution in [0.25, 0.3) is 0 Å². The molecule has 0 aliphatic carbocycles. The topological polar surface area (TPSA) is 302 Å². The normalized spacial score (nSPS) is 12.7. The number of methoxy groups -OCH3 is 1. The van der Waals surface area contributed by atoms with Gasteiger partial charge in [-0.1, -0.05) is 13.8 Å². The van der Waals surface area contributed by atoms with E-state index in [-0.39, 0.29) is 126 Å². The maximum Gasteiger partial charge on any atom is 0.338 e. The first kappa shape index (κ1) is 66.5. The second-order valence-electron chi connectivity index (χ2n) is 19.9. The third kappa shape index (κ3) is 21.1. The fraction of sp³-hybridized carbons (Fsp3) is 0.509. The minimum atomic E-state index is -1.18. The Labute approximate surface area is 463 Å². The van der Waals surface area contributed by atoms with Gasteiger partial charge in [0.05, 0.1) is 61.6 Å². The van der Waals surface area contributed by atoms with Gasteiger partial charge >= 0.3 is 59.7 Å². The van der Waals surface area contributed by atoms with Gasteiger partial charge in [0.2, 0.25) is 0 Å². The summed E-state index contributed by atoms with van der Waals surface area (Å²) in [4.78, 5) is 131. The van der Waals surface area contributed by atoms with Crippen LogP contribution in [0.2, 0.25) is 0 Å². The Balaban J connectivity index is 1.35. The summed E-state index contributed by atoms with van der Waals surface area (Å²) in [7, 11) is 1.48. The Morgan fingerprint density at radius 2 is 0.525 bits per heavy atom. The molecule has 2 atom stereocenters. The van der Waals surface area contributed by atoms with Crippen LogP contribution in [0.5, 0.6) is 0 Å². The van der Waals surface area contributed by atoms with E-state index in [0.29, 0.717) is 12.8 Å². The van der Waals surface area contributed by atoms with Crippen molar-refractivity contribution >= 4 is 59.7 Å². The molecule has 3 rings (SSSR count). The standard InChI is InChI=1S/C57H72O23/c1-10-56(7,52(66)78-32-28-73-47(61)41-14-12-38(13-15-41)44(58)70-25-24-69-9)36-54(3,4)50(64)76-30-26-71-45(59)39-16-18-40(19-17-39)46(60)72-27-31-77-51(65)55(5,6)37-57(8,11-2)53(67)79-33-29-74-48(62)42-20-22-43(23-21-42)49(63)75-34-35-80-68/h12-23,68H,10-11,24-37H2,1-9H3. The molecule has 0 saturated carbocycles. The van der Waals surface area contributed by atoms with E-state index in [1.165, 1.54) is 79.9 Å². The van der Waals surface area contributed by atoms with Crippen molar-refractivity contribution in [2.45, 2.75) is 81.1 Å². The van der Waals surface area contributed by atoms with Gasteiger partial charge in [0, 0.05) is 7.11 Å². The molecule has 0 aromatic heterocycles. The molecule has 0 saturated heterocycles. The molecule has 23 nitrogen and oxygen atoms in total. The highest BCUT2D eigenvalue weighted by atomic mass is 17.1. The number of ether oxygens (including phenoxy) is 11. The quantitative estimate of drug-likeness (QED) is 0.0207. The third-order valence-corrected chi connectivity index (χ3v) is 12.5. The lowest BCUT2D eigenvalue weighted by molar-refractivity contribution is -0.246. The van der Waals surface area contributed by atoms with Crippen LogP contribution >= 0.6 is 0 Å². The molecule has 2 unspecified atom stereocenters. The Hall–Kier alpha value is -7.76. The van der Waals surface area contributed by atoms with Crippen molar-refractivity contribution in [3.63, 3.8) is 0 Å². The minimum Gasteiger partial charge on any atom is -0.462 e. The van der Waals surface area contributed by atoms with Crippen LogP contribution in [0.1, 0.15) is 143 Å².